The lowest BCUT2D eigenvalue weighted by Crippen LogP contribution is -2.03. The lowest BCUT2D eigenvalue weighted by molar-refractivity contribution is -0.386. The number of halogens is 3. The van der Waals surface area contributed by atoms with E-state index in [1.165, 1.54) is 6.92 Å². The van der Waals surface area contributed by atoms with E-state index in [2.05, 4.69) is 0 Å². The maximum absolute atomic E-state index is 12.5. The van der Waals surface area contributed by atoms with Gasteiger partial charge in [0.2, 0.25) is 0 Å². The number of hydrogen-bond donors (Lipinski definition) is 0. The molecule has 1 rings (SSSR count). The van der Waals surface area contributed by atoms with E-state index in [0.29, 0.717) is 0 Å². The highest BCUT2D eigenvalue weighted by Crippen LogP contribution is 2.32. The molecule has 0 aromatic heterocycles. The Morgan fingerprint density at radius 2 is 2.06 bits per heavy atom. The van der Waals surface area contributed by atoms with Crippen LogP contribution in [0, 0.1) is 13.7 Å². The van der Waals surface area contributed by atoms with Crippen LogP contribution >= 0.6 is 22.6 Å². The van der Waals surface area contributed by atoms with Gasteiger partial charge in [0.05, 0.1) is 10.5 Å². The van der Waals surface area contributed by atoms with Gasteiger partial charge in [0.1, 0.15) is 0 Å². The fourth-order valence-electron chi connectivity index (χ4n) is 1.18. The minimum atomic E-state index is -2.94. The third-order valence-electron chi connectivity index (χ3n) is 1.93. The van der Waals surface area contributed by atoms with Gasteiger partial charge in [-0.1, -0.05) is 0 Å². The molecule has 0 aliphatic carbocycles. The number of nitro benzene ring substituents is 1. The first kappa shape index (κ1) is 12.9. The Balaban J connectivity index is 3.49. The Morgan fingerprint density at radius 3 is 2.44 bits per heavy atom. The molecule has 0 saturated heterocycles. The Labute approximate surface area is 103 Å². The summed E-state index contributed by atoms with van der Waals surface area (Å²) in [6.07, 6.45) is -2.94. The van der Waals surface area contributed by atoms with E-state index in [0.717, 1.165) is 12.1 Å². The van der Waals surface area contributed by atoms with Crippen molar-refractivity contribution >= 4 is 34.1 Å². The highest BCUT2D eigenvalue weighted by molar-refractivity contribution is 14.1. The summed E-state index contributed by atoms with van der Waals surface area (Å²) in [5.74, 6) is -0.395. The zero-order chi connectivity index (χ0) is 12.5. The Kier molecular flexibility index (Phi) is 3.89. The fourth-order valence-corrected chi connectivity index (χ4v) is 2.05. The summed E-state index contributed by atoms with van der Waals surface area (Å²) >= 11 is 1.70. The molecule has 0 amide bonds. The maximum atomic E-state index is 12.5. The minimum absolute atomic E-state index is 0.0803. The molecule has 1 aromatic carbocycles. The summed E-state index contributed by atoms with van der Waals surface area (Å²) in [6.45, 7) is 1.23. The molecule has 0 N–H and O–H groups in total. The standard InChI is InChI=1S/C9H6F2INO3/c1-4(14)5-3-8(13(15)16)6(9(10)11)2-7(5)12/h2-3,9H,1H3. The number of benzene rings is 1. The van der Waals surface area contributed by atoms with Gasteiger partial charge in [-0.3, -0.25) is 14.9 Å². The van der Waals surface area contributed by atoms with Crippen LogP contribution in [0.3, 0.4) is 0 Å². The number of carbonyl (C=O) groups excluding carboxylic acids is 1. The van der Waals surface area contributed by atoms with E-state index in [1.807, 2.05) is 0 Å². The second kappa shape index (κ2) is 4.81. The van der Waals surface area contributed by atoms with Gasteiger partial charge in [-0.25, -0.2) is 8.78 Å². The van der Waals surface area contributed by atoms with Crippen molar-refractivity contribution in [1.82, 2.24) is 0 Å². The minimum Gasteiger partial charge on any atom is -0.294 e. The number of nitrogens with zero attached hydrogens (tertiary/aromatic N) is 1. The van der Waals surface area contributed by atoms with Crippen molar-refractivity contribution < 1.29 is 18.5 Å². The van der Waals surface area contributed by atoms with Crippen molar-refractivity contribution in [3.63, 3.8) is 0 Å². The third-order valence-corrected chi connectivity index (χ3v) is 2.82. The van der Waals surface area contributed by atoms with Crippen LogP contribution in [-0.2, 0) is 0 Å². The number of rotatable bonds is 3. The number of nitro groups is 1. The van der Waals surface area contributed by atoms with Crippen LogP contribution in [-0.4, -0.2) is 10.7 Å². The first-order valence-electron chi connectivity index (χ1n) is 4.11. The van der Waals surface area contributed by atoms with Crippen molar-refractivity contribution in [3.05, 3.63) is 36.9 Å². The van der Waals surface area contributed by atoms with Crippen molar-refractivity contribution in [2.45, 2.75) is 13.3 Å². The molecule has 1 aromatic rings. The molecule has 0 spiro atoms. The summed E-state index contributed by atoms with van der Waals surface area (Å²) in [6, 6.07) is 1.87. The van der Waals surface area contributed by atoms with Gasteiger partial charge < -0.3 is 0 Å². The molecule has 16 heavy (non-hydrogen) atoms. The molecule has 86 valence electrons. The second-order valence-electron chi connectivity index (χ2n) is 3.00. The average molecular weight is 341 g/mol. The van der Waals surface area contributed by atoms with E-state index < -0.39 is 28.4 Å². The molecular weight excluding hydrogens is 335 g/mol. The van der Waals surface area contributed by atoms with E-state index in [-0.39, 0.29) is 9.13 Å². The predicted octanol–water partition coefficient (Wildman–Crippen LogP) is 3.34. The monoisotopic (exact) mass is 341 g/mol. The first-order chi connectivity index (χ1) is 7.34. The lowest BCUT2D eigenvalue weighted by Gasteiger charge is -2.05. The average Bonchev–Trinajstić information content (AvgIpc) is 2.15. The normalized spacial score (nSPS) is 10.6. The number of alkyl halides is 2. The molecule has 0 aliphatic heterocycles. The molecule has 0 saturated carbocycles. The highest BCUT2D eigenvalue weighted by Gasteiger charge is 2.24. The highest BCUT2D eigenvalue weighted by atomic mass is 127. The fraction of sp³-hybridized carbons (Fsp3) is 0.222. The SMILES string of the molecule is CC(=O)c1cc([N+](=O)[O-])c(C(F)F)cc1I. The molecule has 0 heterocycles. The molecule has 0 bridgehead atoms. The molecule has 4 nitrogen and oxygen atoms in total. The quantitative estimate of drug-likeness (QED) is 0.367. The maximum Gasteiger partial charge on any atom is 0.279 e. The van der Waals surface area contributed by atoms with Crippen LogP contribution in [0.2, 0.25) is 0 Å². The van der Waals surface area contributed by atoms with E-state index in [4.69, 9.17) is 0 Å². The number of hydrogen-bond acceptors (Lipinski definition) is 3. The Morgan fingerprint density at radius 1 is 1.50 bits per heavy atom. The molecule has 0 unspecified atom stereocenters. The Bertz CT molecular complexity index is 462. The van der Waals surface area contributed by atoms with Gasteiger partial charge in [-0.05, 0) is 35.6 Å². The van der Waals surface area contributed by atoms with E-state index >= 15 is 0 Å². The van der Waals surface area contributed by atoms with Crippen molar-refractivity contribution in [1.29, 1.82) is 0 Å². The molecule has 0 aliphatic rings. The van der Waals surface area contributed by atoms with Crippen LogP contribution in [0.1, 0.15) is 29.3 Å². The molecule has 0 atom stereocenters. The zero-order valence-electron chi connectivity index (χ0n) is 8.04. The second-order valence-corrected chi connectivity index (χ2v) is 4.17. The van der Waals surface area contributed by atoms with Gasteiger partial charge in [0, 0.05) is 15.2 Å². The molecule has 0 fully saturated rings. The first-order valence-corrected chi connectivity index (χ1v) is 5.19. The van der Waals surface area contributed by atoms with Crippen molar-refractivity contribution in [3.8, 4) is 0 Å². The number of ketones is 1. The smallest absolute Gasteiger partial charge is 0.279 e. The van der Waals surface area contributed by atoms with Crippen molar-refractivity contribution in [2.24, 2.45) is 0 Å². The van der Waals surface area contributed by atoms with Gasteiger partial charge in [0.25, 0.3) is 12.1 Å². The van der Waals surface area contributed by atoms with Crippen LogP contribution < -0.4 is 0 Å². The summed E-state index contributed by atoms with van der Waals surface area (Å²) in [4.78, 5) is 20.8. The zero-order valence-corrected chi connectivity index (χ0v) is 10.2. The van der Waals surface area contributed by atoms with Gasteiger partial charge >= 0.3 is 0 Å². The van der Waals surface area contributed by atoms with Crippen LogP contribution in [0.25, 0.3) is 0 Å². The van der Waals surface area contributed by atoms with Gasteiger partial charge in [-0.2, -0.15) is 0 Å². The number of Topliss-reactive ketones (excluding diaryl/α,β-unsaturated/α-hetero) is 1. The molecular formula is C9H6F2INO3. The molecule has 7 heteroatoms. The van der Waals surface area contributed by atoms with Crippen LogP contribution in [0.15, 0.2) is 12.1 Å². The van der Waals surface area contributed by atoms with Crippen LogP contribution in [0.5, 0.6) is 0 Å². The summed E-state index contributed by atoms with van der Waals surface area (Å²) in [5.41, 5.74) is -1.31. The Hall–Kier alpha value is -1.12. The predicted molar refractivity (Wildman–Crippen MR) is 60.8 cm³/mol. The van der Waals surface area contributed by atoms with E-state index in [1.54, 1.807) is 22.6 Å². The van der Waals surface area contributed by atoms with Gasteiger partial charge in [-0.15, -0.1) is 0 Å². The van der Waals surface area contributed by atoms with E-state index in [9.17, 15) is 23.7 Å². The largest absolute Gasteiger partial charge is 0.294 e. The summed E-state index contributed by atoms with van der Waals surface area (Å²) in [5, 5.41) is 10.6. The van der Waals surface area contributed by atoms with Crippen LogP contribution in [0.4, 0.5) is 14.5 Å². The lowest BCUT2D eigenvalue weighted by atomic mass is 10.1. The van der Waals surface area contributed by atoms with Gasteiger partial charge in [0.15, 0.2) is 5.78 Å². The number of carbonyl (C=O) groups is 1. The summed E-state index contributed by atoms with van der Waals surface area (Å²) in [7, 11) is 0. The summed E-state index contributed by atoms with van der Waals surface area (Å²) < 4.78 is 25.3. The van der Waals surface area contributed by atoms with Crippen molar-refractivity contribution in [2.75, 3.05) is 0 Å². The third kappa shape index (κ3) is 2.52. The topological polar surface area (TPSA) is 60.2 Å². The molecule has 0 radical (unpaired) electrons.